The summed E-state index contributed by atoms with van der Waals surface area (Å²) in [7, 11) is 0. The van der Waals surface area contributed by atoms with E-state index in [0.29, 0.717) is 12.2 Å². The molecule has 1 amide bonds. The van der Waals surface area contributed by atoms with Crippen molar-refractivity contribution in [2.75, 3.05) is 5.32 Å². The lowest BCUT2D eigenvalue weighted by Gasteiger charge is -2.05. The fraction of sp³-hybridized carbons (Fsp3) is 0.0588. The highest BCUT2D eigenvalue weighted by Gasteiger charge is 2.17. The number of aromatic nitrogens is 2. The zero-order chi connectivity index (χ0) is 17.1. The first-order valence-corrected chi connectivity index (χ1v) is 7.05. The second-order valence-corrected chi connectivity index (χ2v) is 5.10. The van der Waals surface area contributed by atoms with Crippen LogP contribution in [0, 0.1) is 17.5 Å². The topological polar surface area (TPSA) is 46.9 Å². The molecule has 1 heterocycles. The second kappa shape index (κ2) is 6.57. The summed E-state index contributed by atoms with van der Waals surface area (Å²) >= 11 is 0. The summed E-state index contributed by atoms with van der Waals surface area (Å²) in [6.45, 7) is 0.365. The van der Waals surface area contributed by atoms with Gasteiger partial charge in [0.2, 0.25) is 0 Å². The van der Waals surface area contributed by atoms with Crippen LogP contribution in [0.4, 0.5) is 18.9 Å². The van der Waals surface area contributed by atoms with Crippen molar-refractivity contribution in [3.8, 4) is 0 Å². The Labute approximate surface area is 135 Å². The molecule has 0 saturated heterocycles. The number of carbonyl (C=O) groups excluding carboxylic acids is 1. The first kappa shape index (κ1) is 15.8. The number of nitrogens with one attached hydrogen (secondary N) is 1. The fourth-order valence-electron chi connectivity index (χ4n) is 2.20. The summed E-state index contributed by atoms with van der Waals surface area (Å²) in [5.41, 5.74) is 0.464. The van der Waals surface area contributed by atoms with Gasteiger partial charge in [0, 0.05) is 6.20 Å². The van der Waals surface area contributed by atoms with Crippen molar-refractivity contribution in [2.45, 2.75) is 6.54 Å². The lowest BCUT2D eigenvalue weighted by atomic mass is 10.2. The third-order valence-electron chi connectivity index (χ3n) is 3.34. The maximum Gasteiger partial charge on any atom is 0.261 e. The number of benzene rings is 2. The van der Waals surface area contributed by atoms with Crippen molar-refractivity contribution in [1.29, 1.82) is 0 Å². The SMILES string of the molecule is O=C(Nc1cnn(Cc2ccc(F)cc2)c1)c1c(F)cccc1F. The number of amides is 1. The minimum atomic E-state index is -0.939. The van der Waals surface area contributed by atoms with E-state index in [0.717, 1.165) is 17.7 Å². The molecule has 24 heavy (non-hydrogen) atoms. The molecule has 0 fully saturated rings. The molecule has 3 rings (SSSR count). The summed E-state index contributed by atoms with van der Waals surface area (Å²) in [6.07, 6.45) is 2.88. The van der Waals surface area contributed by atoms with E-state index in [-0.39, 0.29) is 5.82 Å². The first-order chi connectivity index (χ1) is 11.5. The van der Waals surface area contributed by atoms with E-state index in [9.17, 15) is 18.0 Å². The molecule has 0 bridgehead atoms. The molecular formula is C17H12F3N3O. The quantitative estimate of drug-likeness (QED) is 0.794. The first-order valence-electron chi connectivity index (χ1n) is 7.05. The summed E-state index contributed by atoms with van der Waals surface area (Å²) in [4.78, 5) is 12.0. The highest BCUT2D eigenvalue weighted by atomic mass is 19.1. The average molecular weight is 331 g/mol. The van der Waals surface area contributed by atoms with Crippen molar-refractivity contribution in [3.63, 3.8) is 0 Å². The van der Waals surface area contributed by atoms with Crippen molar-refractivity contribution in [3.05, 3.63) is 83.4 Å². The predicted molar refractivity (Wildman–Crippen MR) is 82.0 cm³/mol. The zero-order valence-electron chi connectivity index (χ0n) is 12.3. The molecule has 0 spiro atoms. The largest absolute Gasteiger partial charge is 0.319 e. The Morgan fingerprint density at radius 2 is 1.71 bits per heavy atom. The summed E-state index contributed by atoms with van der Waals surface area (Å²) in [6, 6.07) is 9.10. The number of rotatable bonds is 4. The Morgan fingerprint density at radius 1 is 1.04 bits per heavy atom. The van der Waals surface area contributed by atoms with E-state index < -0.39 is 23.1 Å². The van der Waals surface area contributed by atoms with Crippen molar-refractivity contribution < 1.29 is 18.0 Å². The van der Waals surface area contributed by atoms with Crippen LogP contribution in [-0.2, 0) is 6.54 Å². The molecule has 0 aliphatic heterocycles. The van der Waals surface area contributed by atoms with Gasteiger partial charge in [-0.15, -0.1) is 0 Å². The monoisotopic (exact) mass is 331 g/mol. The molecule has 1 N–H and O–H groups in total. The molecule has 122 valence electrons. The van der Waals surface area contributed by atoms with Crippen LogP contribution in [0.25, 0.3) is 0 Å². The van der Waals surface area contributed by atoms with Gasteiger partial charge in [0.1, 0.15) is 23.0 Å². The summed E-state index contributed by atoms with van der Waals surface area (Å²) < 4.78 is 41.5. The molecule has 4 nitrogen and oxygen atoms in total. The van der Waals surface area contributed by atoms with Crippen molar-refractivity contribution >= 4 is 11.6 Å². The second-order valence-electron chi connectivity index (χ2n) is 5.10. The Bertz CT molecular complexity index is 855. The van der Waals surface area contributed by atoms with Crippen LogP contribution in [0.5, 0.6) is 0 Å². The van der Waals surface area contributed by atoms with Crippen molar-refractivity contribution in [1.82, 2.24) is 9.78 Å². The Hall–Kier alpha value is -3.09. The van der Waals surface area contributed by atoms with E-state index >= 15 is 0 Å². The maximum absolute atomic E-state index is 13.6. The van der Waals surface area contributed by atoms with Gasteiger partial charge in [0.05, 0.1) is 18.4 Å². The molecule has 7 heteroatoms. The number of hydrogen-bond donors (Lipinski definition) is 1. The predicted octanol–water partition coefficient (Wildman–Crippen LogP) is 3.60. The molecule has 0 aliphatic rings. The van der Waals surface area contributed by atoms with E-state index in [2.05, 4.69) is 10.4 Å². The van der Waals surface area contributed by atoms with Crippen molar-refractivity contribution in [2.24, 2.45) is 0 Å². The van der Waals surface area contributed by atoms with Gasteiger partial charge in [0.25, 0.3) is 5.91 Å². The Balaban J connectivity index is 1.72. The highest BCUT2D eigenvalue weighted by molar-refractivity contribution is 6.04. The van der Waals surface area contributed by atoms with Crippen LogP contribution in [0.2, 0.25) is 0 Å². The van der Waals surface area contributed by atoms with Gasteiger partial charge >= 0.3 is 0 Å². The third kappa shape index (κ3) is 3.45. The Kier molecular flexibility index (Phi) is 4.33. The average Bonchev–Trinajstić information content (AvgIpc) is 2.96. The molecule has 0 aliphatic carbocycles. The van der Waals surface area contributed by atoms with Gasteiger partial charge in [0.15, 0.2) is 0 Å². The number of halogens is 3. The Morgan fingerprint density at radius 3 is 2.38 bits per heavy atom. The van der Waals surface area contributed by atoms with E-state index in [1.165, 1.54) is 35.3 Å². The molecule has 0 saturated carbocycles. The molecule has 0 radical (unpaired) electrons. The van der Waals surface area contributed by atoms with Crippen LogP contribution >= 0.6 is 0 Å². The third-order valence-corrected chi connectivity index (χ3v) is 3.34. The number of anilines is 1. The lowest BCUT2D eigenvalue weighted by molar-refractivity contribution is 0.101. The van der Waals surface area contributed by atoms with Gasteiger partial charge in [-0.2, -0.15) is 5.10 Å². The standard InChI is InChI=1S/C17H12F3N3O/c18-12-6-4-11(5-7-12)9-23-10-13(8-21-23)22-17(24)16-14(19)2-1-3-15(16)20/h1-8,10H,9H2,(H,22,24). The molecule has 1 aromatic heterocycles. The van der Waals surface area contributed by atoms with Gasteiger partial charge in [-0.05, 0) is 29.8 Å². The maximum atomic E-state index is 13.6. The molecule has 3 aromatic rings. The smallest absolute Gasteiger partial charge is 0.261 e. The fourth-order valence-corrected chi connectivity index (χ4v) is 2.20. The minimum Gasteiger partial charge on any atom is -0.319 e. The van der Waals surface area contributed by atoms with E-state index in [4.69, 9.17) is 0 Å². The molecule has 2 aromatic carbocycles. The minimum absolute atomic E-state index is 0.296. The number of hydrogen-bond acceptors (Lipinski definition) is 2. The number of carbonyl (C=O) groups is 1. The van der Waals surface area contributed by atoms with Crippen LogP contribution in [-0.4, -0.2) is 15.7 Å². The van der Waals surface area contributed by atoms with Gasteiger partial charge in [-0.25, -0.2) is 13.2 Å². The van der Waals surface area contributed by atoms with Crippen LogP contribution in [0.1, 0.15) is 15.9 Å². The zero-order valence-corrected chi connectivity index (χ0v) is 12.3. The van der Waals surface area contributed by atoms with Gasteiger partial charge in [-0.1, -0.05) is 18.2 Å². The van der Waals surface area contributed by atoms with Gasteiger partial charge in [-0.3, -0.25) is 9.48 Å². The normalized spacial score (nSPS) is 10.6. The molecular weight excluding hydrogens is 319 g/mol. The molecule has 0 unspecified atom stereocenters. The van der Waals surface area contributed by atoms with Crippen LogP contribution in [0.3, 0.4) is 0 Å². The number of nitrogens with zero attached hydrogens (tertiary/aromatic N) is 2. The summed E-state index contributed by atoms with van der Waals surface area (Å²) in [5.74, 6) is -3.11. The van der Waals surface area contributed by atoms with Crippen LogP contribution < -0.4 is 5.32 Å². The summed E-state index contributed by atoms with van der Waals surface area (Å²) in [5, 5.41) is 6.44. The van der Waals surface area contributed by atoms with Gasteiger partial charge < -0.3 is 5.32 Å². The highest BCUT2D eigenvalue weighted by Crippen LogP contribution is 2.15. The lowest BCUT2D eigenvalue weighted by Crippen LogP contribution is -2.15. The van der Waals surface area contributed by atoms with E-state index in [1.54, 1.807) is 12.1 Å². The van der Waals surface area contributed by atoms with Crippen LogP contribution in [0.15, 0.2) is 54.9 Å². The molecule has 0 atom stereocenters. The van der Waals surface area contributed by atoms with E-state index in [1.807, 2.05) is 0 Å².